The number of nitrogens with one attached hydrogen (secondary N) is 1. The molecule has 1 saturated heterocycles. The molecular formula is C18H22FN5O2. The average molecular weight is 359 g/mol. The maximum absolute atomic E-state index is 13.3. The maximum Gasteiger partial charge on any atom is 0.317 e. The molecule has 1 N–H and O–H groups in total. The Morgan fingerprint density at radius 1 is 1.35 bits per heavy atom. The van der Waals surface area contributed by atoms with E-state index in [0.717, 1.165) is 0 Å². The smallest absolute Gasteiger partial charge is 0.317 e. The number of anilines is 1. The quantitative estimate of drug-likeness (QED) is 0.909. The summed E-state index contributed by atoms with van der Waals surface area (Å²) in [6.07, 6.45) is 1.42. The van der Waals surface area contributed by atoms with Gasteiger partial charge in [0.15, 0.2) is 0 Å². The predicted molar refractivity (Wildman–Crippen MR) is 96.0 cm³/mol. The van der Waals surface area contributed by atoms with Gasteiger partial charge in [0, 0.05) is 44.4 Å². The Hall–Kier alpha value is -2.90. The molecule has 26 heavy (non-hydrogen) atoms. The van der Waals surface area contributed by atoms with Gasteiger partial charge < -0.3 is 19.9 Å². The molecular weight excluding hydrogens is 337 g/mol. The van der Waals surface area contributed by atoms with Crippen LogP contribution in [0.25, 0.3) is 0 Å². The number of amides is 2. The van der Waals surface area contributed by atoms with Gasteiger partial charge in [-0.05, 0) is 26.0 Å². The van der Waals surface area contributed by atoms with E-state index in [2.05, 4.69) is 20.2 Å². The van der Waals surface area contributed by atoms with Crippen molar-refractivity contribution in [2.24, 2.45) is 0 Å². The monoisotopic (exact) mass is 359 g/mol. The van der Waals surface area contributed by atoms with Gasteiger partial charge in [0.2, 0.25) is 5.88 Å². The van der Waals surface area contributed by atoms with Crippen LogP contribution in [0, 0.1) is 5.82 Å². The molecule has 1 aromatic carbocycles. The number of hydrogen-bond donors (Lipinski definition) is 1. The van der Waals surface area contributed by atoms with Crippen molar-refractivity contribution in [1.82, 2.24) is 20.2 Å². The minimum absolute atomic E-state index is 0.0440. The zero-order valence-corrected chi connectivity index (χ0v) is 14.9. The lowest BCUT2D eigenvalue weighted by molar-refractivity contribution is 0.172. The molecule has 0 bridgehead atoms. The van der Waals surface area contributed by atoms with Crippen LogP contribution in [0.4, 0.5) is 15.0 Å². The van der Waals surface area contributed by atoms with Gasteiger partial charge in [-0.2, -0.15) is 0 Å². The SMILES string of the molecule is CCNC(=O)N1CCN(c2cc(Oc3cccc(F)c3)ncn2)C[C@@H]1C. The number of carbonyl (C=O) groups excluding carboxylic acids is 1. The number of benzene rings is 1. The van der Waals surface area contributed by atoms with Crippen molar-refractivity contribution in [2.75, 3.05) is 31.1 Å². The Balaban J connectivity index is 1.68. The van der Waals surface area contributed by atoms with Crippen molar-refractivity contribution < 1.29 is 13.9 Å². The largest absolute Gasteiger partial charge is 0.439 e. The Kier molecular flexibility index (Phi) is 5.50. The Bertz CT molecular complexity index is 773. The Morgan fingerprint density at radius 2 is 2.19 bits per heavy atom. The van der Waals surface area contributed by atoms with Gasteiger partial charge >= 0.3 is 6.03 Å². The lowest BCUT2D eigenvalue weighted by atomic mass is 10.2. The number of aromatic nitrogens is 2. The van der Waals surface area contributed by atoms with Crippen molar-refractivity contribution in [3.05, 3.63) is 42.5 Å². The molecule has 1 atom stereocenters. The van der Waals surface area contributed by atoms with E-state index in [1.54, 1.807) is 18.2 Å². The van der Waals surface area contributed by atoms with Crippen LogP contribution >= 0.6 is 0 Å². The summed E-state index contributed by atoms with van der Waals surface area (Å²) in [5, 5.41) is 2.83. The second-order valence-corrected chi connectivity index (χ2v) is 6.10. The highest BCUT2D eigenvalue weighted by molar-refractivity contribution is 5.74. The van der Waals surface area contributed by atoms with Gasteiger partial charge in [-0.3, -0.25) is 0 Å². The van der Waals surface area contributed by atoms with E-state index in [-0.39, 0.29) is 17.9 Å². The first-order valence-electron chi connectivity index (χ1n) is 8.61. The van der Waals surface area contributed by atoms with Crippen LogP contribution in [-0.2, 0) is 0 Å². The van der Waals surface area contributed by atoms with Crippen LogP contribution in [-0.4, -0.2) is 53.1 Å². The van der Waals surface area contributed by atoms with Crippen LogP contribution < -0.4 is 15.0 Å². The standard InChI is InChI=1S/C18H22FN5O2/c1-3-20-18(25)24-8-7-23(11-13(24)2)16-10-17(22-12-21-16)26-15-6-4-5-14(19)9-15/h4-6,9-10,12-13H,3,7-8,11H2,1-2H3,(H,20,25)/t13-/m0/s1. The maximum atomic E-state index is 13.3. The normalized spacial score (nSPS) is 17.1. The van der Waals surface area contributed by atoms with Crippen molar-refractivity contribution in [1.29, 1.82) is 0 Å². The van der Waals surface area contributed by atoms with E-state index < -0.39 is 0 Å². The minimum atomic E-state index is -0.368. The molecule has 1 fully saturated rings. The molecule has 0 radical (unpaired) electrons. The summed E-state index contributed by atoms with van der Waals surface area (Å²) >= 11 is 0. The van der Waals surface area contributed by atoms with Gasteiger partial charge in [-0.25, -0.2) is 19.2 Å². The second-order valence-electron chi connectivity index (χ2n) is 6.10. The van der Waals surface area contributed by atoms with Crippen molar-refractivity contribution in [3.63, 3.8) is 0 Å². The van der Waals surface area contributed by atoms with Gasteiger partial charge in [0.1, 0.15) is 23.7 Å². The first-order valence-corrected chi connectivity index (χ1v) is 8.61. The second kappa shape index (κ2) is 7.99. The molecule has 1 aromatic heterocycles. The molecule has 7 nitrogen and oxygen atoms in total. The van der Waals surface area contributed by atoms with Crippen molar-refractivity contribution in [3.8, 4) is 11.6 Å². The minimum Gasteiger partial charge on any atom is -0.439 e. The van der Waals surface area contributed by atoms with Crippen LogP contribution in [0.5, 0.6) is 11.6 Å². The third-order valence-electron chi connectivity index (χ3n) is 4.19. The first-order chi connectivity index (χ1) is 12.6. The summed E-state index contributed by atoms with van der Waals surface area (Å²) in [7, 11) is 0. The number of ether oxygens (including phenoxy) is 1. The van der Waals surface area contributed by atoms with E-state index in [1.807, 2.05) is 18.7 Å². The highest BCUT2D eigenvalue weighted by Crippen LogP contribution is 2.24. The molecule has 1 aliphatic rings. The van der Waals surface area contributed by atoms with Crippen LogP contribution in [0.15, 0.2) is 36.7 Å². The summed E-state index contributed by atoms with van der Waals surface area (Å²) in [4.78, 5) is 24.4. The van der Waals surface area contributed by atoms with Crippen LogP contribution in [0.1, 0.15) is 13.8 Å². The third kappa shape index (κ3) is 4.19. The third-order valence-corrected chi connectivity index (χ3v) is 4.19. The number of hydrogen-bond acceptors (Lipinski definition) is 5. The molecule has 1 aliphatic heterocycles. The molecule has 0 spiro atoms. The molecule has 0 aliphatic carbocycles. The Labute approximate surface area is 151 Å². The van der Waals surface area contributed by atoms with E-state index in [9.17, 15) is 9.18 Å². The number of piperazine rings is 1. The summed E-state index contributed by atoms with van der Waals surface area (Å²) in [5.74, 6) is 1.07. The van der Waals surface area contributed by atoms with E-state index in [1.165, 1.54) is 18.5 Å². The van der Waals surface area contributed by atoms with Gasteiger partial charge in [0.05, 0.1) is 0 Å². The van der Waals surface area contributed by atoms with Crippen LogP contribution in [0.2, 0.25) is 0 Å². The molecule has 2 heterocycles. The number of carbonyl (C=O) groups is 1. The van der Waals surface area contributed by atoms with Gasteiger partial charge in [0.25, 0.3) is 0 Å². The molecule has 3 rings (SSSR count). The highest BCUT2D eigenvalue weighted by atomic mass is 19.1. The molecule has 2 aromatic rings. The number of nitrogens with zero attached hydrogens (tertiary/aromatic N) is 4. The zero-order valence-electron chi connectivity index (χ0n) is 14.9. The molecule has 8 heteroatoms. The molecule has 0 unspecified atom stereocenters. The first kappa shape index (κ1) is 17.9. The van der Waals surface area contributed by atoms with E-state index >= 15 is 0 Å². The number of rotatable bonds is 4. The molecule has 138 valence electrons. The van der Waals surface area contributed by atoms with Crippen molar-refractivity contribution in [2.45, 2.75) is 19.9 Å². The average Bonchev–Trinajstić information content (AvgIpc) is 2.62. The lowest BCUT2D eigenvalue weighted by Crippen LogP contribution is -2.56. The highest BCUT2D eigenvalue weighted by Gasteiger charge is 2.28. The number of halogens is 1. The van der Waals surface area contributed by atoms with E-state index in [0.29, 0.717) is 43.6 Å². The fourth-order valence-corrected chi connectivity index (χ4v) is 2.93. The zero-order chi connectivity index (χ0) is 18.5. The fourth-order valence-electron chi connectivity index (χ4n) is 2.93. The summed E-state index contributed by atoms with van der Waals surface area (Å²) < 4.78 is 18.9. The van der Waals surface area contributed by atoms with Crippen LogP contribution in [0.3, 0.4) is 0 Å². The predicted octanol–water partition coefficient (Wildman–Crippen LogP) is 2.65. The lowest BCUT2D eigenvalue weighted by Gasteiger charge is -2.40. The molecule has 2 amide bonds. The fraction of sp³-hybridized carbons (Fsp3) is 0.389. The Morgan fingerprint density at radius 3 is 2.92 bits per heavy atom. The van der Waals surface area contributed by atoms with E-state index in [4.69, 9.17) is 4.74 Å². The van der Waals surface area contributed by atoms with Crippen molar-refractivity contribution >= 4 is 11.8 Å². The molecule has 0 saturated carbocycles. The van der Waals surface area contributed by atoms with Gasteiger partial charge in [-0.15, -0.1) is 0 Å². The summed E-state index contributed by atoms with van der Waals surface area (Å²) in [6, 6.07) is 7.63. The summed E-state index contributed by atoms with van der Waals surface area (Å²) in [5.41, 5.74) is 0. The number of urea groups is 1. The topological polar surface area (TPSA) is 70.6 Å². The summed E-state index contributed by atoms with van der Waals surface area (Å²) in [6.45, 7) is 6.45. The van der Waals surface area contributed by atoms with Gasteiger partial charge in [-0.1, -0.05) is 6.07 Å².